The van der Waals surface area contributed by atoms with Gasteiger partial charge in [-0.25, -0.2) is 0 Å². The van der Waals surface area contributed by atoms with Gasteiger partial charge in [0.1, 0.15) is 17.1 Å². The molecule has 2 atom stereocenters. The summed E-state index contributed by atoms with van der Waals surface area (Å²) in [5.74, 6) is 1.72. The smallest absolute Gasteiger partial charge is 0.123 e. The molecule has 2 nitrogen and oxygen atoms in total. The minimum Gasteiger partial charge on any atom is -0.508 e. The Morgan fingerprint density at radius 2 is 1.55 bits per heavy atom. The van der Waals surface area contributed by atoms with Gasteiger partial charge in [0.25, 0.3) is 0 Å². The summed E-state index contributed by atoms with van der Waals surface area (Å²) in [6, 6.07) is 15.7. The van der Waals surface area contributed by atoms with Gasteiger partial charge in [0.2, 0.25) is 0 Å². The maximum absolute atomic E-state index is 10.2. The minimum atomic E-state index is -0.355. The second-order valence-electron chi connectivity index (χ2n) is 6.07. The molecule has 1 aliphatic rings. The first-order valence-corrected chi connectivity index (χ1v) is 7.06. The second-order valence-corrected chi connectivity index (χ2v) is 6.07. The van der Waals surface area contributed by atoms with Gasteiger partial charge in [0.05, 0.1) is 0 Å². The van der Waals surface area contributed by atoms with Crippen LogP contribution in [-0.2, 0) is 0 Å². The van der Waals surface area contributed by atoms with E-state index in [0.717, 1.165) is 11.3 Å². The van der Waals surface area contributed by atoms with Crippen LogP contribution in [0.4, 0.5) is 0 Å². The molecule has 0 fully saturated rings. The third kappa shape index (κ3) is 1.96. The quantitative estimate of drug-likeness (QED) is 0.828. The van der Waals surface area contributed by atoms with E-state index in [4.69, 9.17) is 4.74 Å². The van der Waals surface area contributed by atoms with Gasteiger partial charge in [-0.1, -0.05) is 43.3 Å². The maximum Gasteiger partial charge on any atom is 0.123 e. The zero-order valence-electron chi connectivity index (χ0n) is 12.1. The van der Waals surface area contributed by atoms with Crippen LogP contribution in [0.3, 0.4) is 0 Å². The van der Waals surface area contributed by atoms with Crippen LogP contribution < -0.4 is 4.74 Å². The molecule has 2 aromatic rings. The summed E-state index contributed by atoms with van der Waals surface area (Å²) in [5, 5.41) is 10.2. The summed E-state index contributed by atoms with van der Waals surface area (Å²) in [6.07, 6.45) is 0. The predicted octanol–water partition coefficient (Wildman–Crippen LogP) is 4.45. The highest BCUT2D eigenvalue weighted by Gasteiger charge is 2.43. The lowest BCUT2D eigenvalue weighted by atomic mass is 9.71. The summed E-state index contributed by atoms with van der Waals surface area (Å²) < 4.78 is 6.20. The number of hydrogen-bond acceptors (Lipinski definition) is 2. The molecule has 2 unspecified atom stereocenters. The highest BCUT2D eigenvalue weighted by Crippen LogP contribution is 2.51. The molecule has 0 aromatic heterocycles. The maximum atomic E-state index is 10.2. The fourth-order valence-electron chi connectivity index (χ4n) is 3.47. The molecule has 1 heterocycles. The normalized spacial score (nSPS) is 23.8. The van der Waals surface area contributed by atoms with Gasteiger partial charge < -0.3 is 9.84 Å². The topological polar surface area (TPSA) is 29.5 Å². The van der Waals surface area contributed by atoms with E-state index in [0.29, 0.717) is 11.7 Å². The lowest BCUT2D eigenvalue weighted by Gasteiger charge is -2.44. The molecule has 104 valence electrons. The van der Waals surface area contributed by atoms with Crippen LogP contribution in [0.2, 0.25) is 0 Å². The highest BCUT2D eigenvalue weighted by atomic mass is 16.5. The van der Waals surface area contributed by atoms with Crippen LogP contribution in [0.1, 0.15) is 43.7 Å². The third-order valence-electron chi connectivity index (χ3n) is 4.30. The summed E-state index contributed by atoms with van der Waals surface area (Å²) in [4.78, 5) is 0. The molecule has 0 spiro atoms. The van der Waals surface area contributed by atoms with Gasteiger partial charge in [-0.15, -0.1) is 0 Å². The van der Waals surface area contributed by atoms with E-state index in [1.807, 2.05) is 36.4 Å². The van der Waals surface area contributed by atoms with Crippen molar-refractivity contribution in [3.63, 3.8) is 0 Å². The van der Waals surface area contributed by atoms with Gasteiger partial charge in [0.15, 0.2) is 0 Å². The molecular formula is C18H20O2. The van der Waals surface area contributed by atoms with Crippen molar-refractivity contribution in [3.05, 3.63) is 59.7 Å². The van der Waals surface area contributed by atoms with Crippen molar-refractivity contribution >= 4 is 0 Å². The van der Waals surface area contributed by atoms with E-state index >= 15 is 0 Å². The van der Waals surface area contributed by atoms with Crippen LogP contribution in [0, 0.1) is 0 Å². The van der Waals surface area contributed by atoms with Crippen LogP contribution in [0.5, 0.6) is 11.5 Å². The van der Waals surface area contributed by atoms with Gasteiger partial charge in [-0.3, -0.25) is 0 Å². The largest absolute Gasteiger partial charge is 0.508 e. The van der Waals surface area contributed by atoms with Crippen LogP contribution in [0.15, 0.2) is 48.5 Å². The standard InChI is InChI=1S/C18H20O2/c1-12-13-8-5-7-11-16(13)20-18(2,3)17(12)14-9-4-6-10-15(14)19/h4-12,17,19H,1-3H3. The van der Waals surface area contributed by atoms with E-state index in [1.165, 1.54) is 5.56 Å². The summed E-state index contributed by atoms with van der Waals surface area (Å²) >= 11 is 0. The zero-order valence-corrected chi connectivity index (χ0v) is 12.1. The van der Waals surface area contributed by atoms with Crippen molar-refractivity contribution in [2.24, 2.45) is 0 Å². The molecule has 0 bridgehead atoms. The van der Waals surface area contributed by atoms with Gasteiger partial charge in [0, 0.05) is 11.5 Å². The van der Waals surface area contributed by atoms with Crippen molar-refractivity contribution in [2.45, 2.75) is 38.2 Å². The minimum absolute atomic E-state index is 0.124. The van der Waals surface area contributed by atoms with Gasteiger partial charge in [-0.05, 0) is 37.5 Å². The third-order valence-corrected chi connectivity index (χ3v) is 4.30. The van der Waals surface area contributed by atoms with Gasteiger partial charge in [-0.2, -0.15) is 0 Å². The number of phenols is 1. The lowest BCUT2D eigenvalue weighted by Crippen LogP contribution is -2.42. The first kappa shape index (κ1) is 13.0. The summed E-state index contributed by atoms with van der Waals surface area (Å²) in [5.41, 5.74) is 1.81. The molecule has 1 aliphatic heterocycles. The average molecular weight is 268 g/mol. The van der Waals surface area contributed by atoms with E-state index in [1.54, 1.807) is 6.07 Å². The van der Waals surface area contributed by atoms with Crippen molar-refractivity contribution in [2.75, 3.05) is 0 Å². The van der Waals surface area contributed by atoms with Crippen LogP contribution in [-0.4, -0.2) is 10.7 Å². The second kappa shape index (κ2) is 4.55. The number of benzene rings is 2. The first-order valence-electron chi connectivity index (χ1n) is 7.06. The van der Waals surface area contributed by atoms with Crippen molar-refractivity contribution in [1.82, 2.24) is 0 Å². The molecule has 20 heavy (non-hydrogen) atoms. The number of phenolic OH excluding ortho intramolecular Hbond substituents is 1. The lowest BCUT2D eigenvalue weighted by molar-refractivity contribution is 0.0489. The summed E-state index contributed by atoms with van der Waals surface area (Å²) in [7, 11) is 0. The Morgan fingerprint density at radius 3 is 2.25 bits per heavy atom. The van der Waals surface area contributed by atoms with Crippen LogP contribution >= 0.6 is 0 Å². The zero-order chi connectivity index (χ0) is 14.3. The predicted molar refractivity (Wildman–Crippen MR) is 80.4 cm³/mol. The molecule has 3 rings (SSSR count). The van der Waals surface area contributed by atoms with E-state index < -0.39 is 0 Å². The van der Waals surface area contributed by atoms with E-state index in [9.17, 15) is 5.11 Å². The van der Waals surface area contributed by atoms with E-state index in [2.05, 4.69) is 26.8 Å². The number of para-hydroxylation sites is 2. The molecule has 0 radical (unpaired) electrons. The first-order chi connectivity index (χ1) is 9.50. The number of rotatable bonds is 1. The molecule has 2 heteroatoms. The Hall–Kier alpha value is -1.96. The molecule has 0 saturated heterocycles. The molecule has 0 aliphatic carbocycles. The molecule has 2 aromatic carbocycles. The van der Waals surface area contributed by atoms with Crippen LogP contribution in [0.25, 0.3) is 0 Å². The monoisotopic (exact) mass is 268 g/mol. The number of hydrogen-bond donors (Lipinski definition) is 1. The van der Waals surface area contributed by atoms with Crippen molar-refractivity contribution < 1.29 is 9.84 Å². The number of ether oxygens (including phenoxy) is 1. The molecular weight excluding hydrogens is 248 g/mol. The Bertz CT molecular complexity index is 631. The Morgan fingerprint density at radius 1 is 0.950 bits per heavy atom. The Labute approximate surface area is 120 Å². The SMILES string of the molecule is CC1c2ccccc2OC(C)(C)C1c1ccccc1O. The van der Waals surface area contributed by atoms with Crippen molar-refractivity contribution in [1.29, 1.82) is 0 Å². The molecule has 0 saturated carbocycles. The van der Waals surface area contributed by atoms with E-state index in [-0.39, 0.29) is 11.5 Å². The number of aromatic hydroxyl groups is 1. The average Bonchev–Trinajstić information content (AvgIpc) is 2.40. The molecule has 1 N–H and O–H groups in total. The molecule has 0 amide bonds. The number of fused-ring (bicyclic) bond motifs is 1. The Kier molecular flexibility index (Phi) is 2.97. The van der Waals surface area contributed by atoms with Gasteiger partial charge >= 0.3 is 0 Å². The summed E-state index contributed by atoms with van der Waals surface area (Å²) in [6.45, 7) is 6.40. The fraction of sp³-hybridized carbons (Fsp3) is 0.333. The highest BCUT2D eigenvalue weighted by molar-refractivity contribution is 5.46. The Balaban J connectivity index is 2.14. The van der Waals surface area contributed by atoms with Crippen molar-refractivity contribution in [3.8, 4) is 11.5 Å². The fourth-order valence-corrected chi connectivity index (χ4v) is 3.47.